The summed E-state index contributed by atoms with van der Waals surface area (Å²) in [4.78, 5) is 21.5. The maximum atomic E-state index is 12.1. The van der Waals surface area contributed by atoms with Gasteiger partial charge in [0.1, 0.15) is 5.75 Å². The first-order valence-electron chi connectivity index (χ1n) is 6.40. The highest BCUT2D eigenvalue weighted by Crippen LogP contribution is 2.18. The van der Waals surface area contributed by atoms with Crippen molar-refractivity contribution in [2.24, 2.45) is 5.92 Å². The number of hydrogen-bond acceptors (Lipinski definition) is 5. The van der Waals surface area contributed by atoms with Gasteiger partial charge >= 0.3 is 0 Å². The maximum absolute atomic E-state index is 12.1. The topological polar surface area (TPSA) is 106 Å². The zero-order chi connectivity index (χ0) is 16.2. The van der Waals surface area contributed by atoms with Gasteiger partial charge in [0.15, 0.2) is 9.84 Å². The summed E-state index contributed by atoms with van der Waals surface area (Å²) < 4.78 is 24.2. The molecular weight excluding hydrogens is 296 g/mol. The second-order valence-corrected chi connectivity index (χ2v) is 7.10. The minimum atomic E-state index is -3.90. The molecule has 0 aliphatic carbocycles. The molecule has 7 nitrogen and oxygen atoms in total. The summed E-state index contributed by atoms with van der Waals surface area (Å²) >= 11 is 0. The summed E-state index contributed by atoms with van der Waals surface area (Å²) in [6.07, 6.45) is 0. The van der Waals surface area contributed by atoms with E-state index in [1.165, 1.54) is 18.2 Å². The van der Waals surface area contributed by atoms with Crippen molar-refractivity contribution in [3.05, 3.63) is 34.4 Å². The standard InChI is InChI=1S/C13H18N2O5S/c1-9(2)10(3)14-13(16)8-21(19,20)12-6-4-5-11(7-12)15(17)18/h4-7,9-10H,8H2,1-3H3,(H,14,16)/t10-/m0/s1. The van der Waals surface area contributed by atoms with Crippen LogP contribution < -0.4 is 5.32 Å². The van der Waals surface area contributed by atoms with Gasteiger partial charge in [-0.3, -0.25) is 14.9 Å². The molecule has 1 amide bonds. The summed E-state index contributed by atoms with van der Waals surface area (Å²) in [5, 5.41) is 13.2. The molecule has 0 fully saturated rings. The summed E-state index contributed by atoms with van der Waals surface area (Å²) in [6, 6.07) is 4.51. The first-order chi connectivity index (χ1) is 9.63. The van der Waals surface area contributed by atoms with Gasteiger partial charge in [0.2, 0.25) is 5.91 Å². The Kier molecular flexibility index (Phi) is 5.42. The van der Waals surface area contributed by atoms with Gasteiger partial charge in [0.25, 0.3) is 5.69 Å². The van der Waals surface area contributed by atoms with Crippen LogP contribution in [0.3, 0.4) is 0 Å². The van der Waals surface area contributed by atoms with E-state index in [0.717, 1.165) is 6.07 Å². The molecule has 21 heavy (non-hydrogen) atoms. The third kappa shape index (κ3) is 4.82. The number of benzene rings is 1. The summed E-state index contributed by atoms with van der Waals surface area (Å²) in [6.45, 7) is 5.59. The van der Waals surface area contributed by atoms with E-state index < -0.39 is 26.4 Å². The molecule has 8 heteroatoms. The predicted octanol–water partition coefficient (Wildman–Crippen LogP) is 1.53. The number of rotatable bonds is 6. The lowest BCUT2D eigenvalue weighted by atomic mass is 10.1. The van der Waals surface area contributed by atoms with Crippen molar-refractivity contribution in [1.29, 1.82) is 0 Å². The molecule has 0 bridgehead atoms. The molecule has 0 unspecified atom stereocenters. The fraction of sp³-hybridized carbons (Fsp3) is 0.462. The van der Waals surface area contributed by atoms with Crippen LogP contribution in [0.15, 0.2) is 29.2 Å². The second-order valence-electron chi connectivity index (χ2n) is 5.11. The minimum Gasteiger partial charge on any atom is -0.353 e. The Bertz CT molecular complexity index is 640. The van der Waals surface area contributed by atoms with Crippen molar-refractivity contribution in [1.82, 2.24) is 5.32 Å². The van der Waals surface area contributed by atoms with Crippen LogP contribution in [0, 0.1) is 16.0 Å². The van der Waals surface area contributed by atoms with E-state index in [1.54, 1.807) is 6.92 Å². The summed E-state index contributed by atoms with van der Waals surface area (Å²) in [7, 11) is -3.90. The Labute approximate surface area is 123 Å². The summed E-state index contributed by atoms with van der Waals surface area (Å²) in [5.41, 5.74) is -0.327. The van der Waals surface area contributed by atoms with E-state index in [9.17, 15) is 23.3 Å². The van der Waals surface area contributed by atoms with Crippen LogP contribution in [0.5, 0.6) is 0 Å². The minimum absolute atomic E-state index is 0.155. The first kappa shape index (κ1) is 17.1. The fourth-order valence-corrected chi connectivity index (χ4v) is 2.69. The van der Waals surface area contributed by atoms with Crippen molar-refractivity contribution in [2.75, 3.05) is 5.75 Å². The number of sulfone groups is 1. The van der Waals surface area contributed by atoms with Gasteiger partial charge < -0.3 is 5.32 Å². The molecule has 0 aliphatic heterocycles. The van der Waals surface area contributed by atoms with Gasteiger partial charge in [0, 0.05) is 18.2 Å². The third-order valence-electron chi connectivity index (χ3n) is 3.10. The lowest BCUT2D eigenvalue weighted by Crippen LogP contribution is -2.39. The van der Waals surface area contributed by atoms with E-state index in [0.29, 0.717) is 0 Å². The van der Waals surface area contributed by atoms with Gasteiger partial charge in [-0.25, -0.2) is 8.42 Å². The molecule has 116 valence electrons. The lowest BCUT2D eigenvalue weighted by molar-refractivity contribution is -0.385. The summed E-state index contributed by atoms with van der Waals surface area (Å²) in [5.74, 6) is -1.18. The van der Waals surface area contributed by atoms with Crippen LogP contribution >= 0.6 is 0 Å². The second kappa shape index (κ2) is 6.66. The van der Waals surface area contributed by atoms with Gasteiger partial charge in [-0.15, -0.1) is 0 Å². The van der Waals surface area contributed by atoms with Crippen molar-refractivity contribution < 1.29 is 18.1 Å². The number of nitro groups is 1. The van der Waals surface area contributed by atoms with Crippen LogP contribution in [0.1, 0.15) is 20.8 Å². The predicted molar refractivity (Wildman–Crippen MR) is 77.6 cm³/mol. The largest absolute Gasteiger partial charge is 0.353 e. The molecule has 0 radical (unpaired) electrons. The van der Waals surface area contributed by atoms with Crippen LogP contribution in [0.25, 0.3) is 0 Å². The monoisotopic (exact) mass is 314 g/mol. The zero-order valence-electron chi connectivity index (χ0n) is 12.1. The number of carbonyl (C=O) groups excluding carboxylic acids is 1. The van der Waals surface area contributed by atoms with E-state index in [4.69, 9.17) is 0 Å². The Morgan fingerprint density at radius 1 is 1.33 bits per heavy atom. The highest BCUT2D eigenvalue weighted by Gasteiger charge is 2.22. The number of hydrogen-bond donors (Lipinski definition) is 1. The number of carbonyl (C=O) groups is 1. The Morgan fingerprint density at radius 3 is 2.48 bits per heavy atom. The average molecular weight is 314 g/mol. The molecule has 1 atom stereocenters. The van der Waals surface area contributed by atoms with Crippen LogP contribution in [0.2, 0.25) is 0 Å². The molecule has 0 saturated carbocycles. The number of nitrogens with zero attached hydrogens (tertiary/aromatic N) is 1. The molecule has 0 aliphatic rings. The molecule has 0 heterocycles. The quantitative estimate of drug-likeness (QED) is 0.633. The zero-order valence-corrected chi connectivity index (χ0v) is 12.9. The molecule has 0 saturated heterocycles. The van der Waals surface area contributed by atoms with Gasteiger partial charge in [-0.05, 0) is 18.9 Å². The lowest BCUT2D eigenvalue weighted by Gasteiger charge is -2.17. The van der Waals surface area contributed by atoms with Gasteiger partial charge in [-0.2, -0.15) is 0 Å². The van der Waals surface area contributed by atoms with Crippen LogP contribution in [-0.4, -0.2) is 31.0 Å². The maximum Gasteiger partial charge on any atom is 0.270 e. The van der Waals surface area contributed by atoms with Crippen molar-refractivity contribution in [3.63, 3.8) is 0 Å². The molecule has 0 aromatic heterocycles. The Morgan fingerprint density at radius 2 is 1.95 bits per heavy atom. The average Bonchev–Trinajstić information content (AvgIpc) is 2.37. The van der Waals surface area contributed by atoms with Gasteiger partial charge in [0.05, 0.1) is 9.82 Å². The van der Waals surface area contributed by atoms with E-state index in [-0.39, 0.29) is 22.5 Å². The number of non-ortho nitro benzene ring substituents is 1. The molecule has 1 rings (SSSR count). The fourth-order valence-electron chi connectivity index (χ4n) is 1.51. The Hall–Kier alpha value is -1.96. The highest BCUT2D eigenvalue weighted by atomic mass is 32.2. The molecular formula is C13H18N2O5S. The van der Waals surface area contributed by atoms with E-state index in [1.807, 2.05) is 13.8 Å². The first-order valence-corrected chi connectivity index (χ1v) is 8.05. The molecule has 0 spiro atoms. The SMILES string of the molecule is CC(C)[C@H](C)NC(=O)CS(=O)(=O)c1cccc([N+](=O)[O-])c1. The number of nitrogens with one attached hydrogen (secondary N) is 1. The molecule has 1 aromatic carbocycles. The van der Waals surface area contributed by atoms with Crippen molar-refractivity contribution in [2.45, 2.75) is 31.7 Å². The van der Waals surface area contributed by atoms with E-state index in [2.05, 4.69) is 5.32 Å². The van der Waals surface area contributed by atoms with Crippen LogP contribution in [-0.2, 0) is 14.6 Å². The third-order valence-corrected chi connectivity index (χ3v) is 4.71. The van der Waals surface area contributed by atoms with Crippen molar-refractivity contribution >= 4 is 21.4 Å². The normalized spacial score (nSPS) is 13.0. The van der Waals surface area contributed by atoms with Crippen molar-refractivity contribution in [3.8, 4) is 0 Å². The Balaban J connectivity index is 2.89. The number of nitro benzene ring substituents is 1. The highest BCUT2D eigenvalue weighted by molar-refractivity contribution is 7.92. The molecule has 1 aromatic rings. The number of amides is 1. The molecule has 1 N–H and O–H groups in total. The smallest absolute Gasteiger partial charge is 0.270 e. The van der Waals surface area contributed by atoms with E-state index >= 15 is 0 Å². The van der Waals surface area contributed by atoms with Crippen LogP contribution in [0.4, 0.5) is 5.69 Å². The van der Waals surface area contributed by atoms with Gasteiger partial charge in [-0.1, -0.05) is 19.9 Å².